The van der Waals surface area contributed by atoms with E-state index < -0.39 is 0 Å². The molecule has 1 N–H and O–H groups in total. The third-order valence-electron chi connectivity index (χ3n) is 5.70. The summed E-state index contributed by atoms with van der Waals surface area (Å²) < 4.78 is 13.3. The highest BCUT2D eigenvalue weighted by Gasteiger charge is 2.15. The zero-order valence-electron chi connectivity index (χ0n) is 19.1. The Balaban J connectivity index is 1.35. The number of unbranched alkanes of at least 4 members (excludes halogenated alkanes) is 1. The van der Waals surface area contributed by atoms with Gasteiger partial charge in [-0.05, 0) is 87.9 Å². The van der Waals surface area contributed by atoms with E-state index in [0.717, 1.165) is 47.1 Å². The molecule has 0 aliphatic carbocycles. The molecule has 3 heterocycles. The largest absolute Gasteiger partial charge is 0.486 e. The van der Waals surface area contributed by atoms with E-state index >= 15 is 0 Å². The molecule has 2 aromatic carbocycles. The van der Waals surface area contributed by atoms with Gasteiger partial charge in [0.1, 0.15) is 13.2 Å². The van der Waals surface area contributed by atoms with E-state index in [9.17, 15) is 0 Å². The lowest BCUT2D eigenvalue weighted by Gasteiger charge is -2.19. The van der Waals surface area contributed by atoms with E-state index in [-0.39, 0.29) is 0 Å². The van der Waals surface area contributed by atoms with Gasteiger partial charge in [-0.1, -0.05) is 18.2 Å². The van der Waals surface area contributed by atoms with Gasteiger partial charge in [-0.25, -0.2) is 4.52 Å². The fourth-order valence-electron chi connectivity index (χ4n) is 4.07. The number of pyridine rings is 1. The summed E-state index contributed by atoms with van der Waals surface area (Å²) >= 11 is 0. The highest BCUT2D eigenvalue weighted by Crippen LogP contribution is 2.34. The quantitative estimate of drug-likeness (QED) is 0.395. The van der Waals surface area contributed by atoms with Crippen LogP contribution in [-0.4, -0.2) is 53.4 Å². The first kappa shape index (κ1) is 21.3. The molecule has 0 saturated heterocycles. The molecule has 1 aliphatic heterocycles. The highest BCUT2D eigenvalue weighted by atomic mass is 16.6. The number of aryl methyl sites for hydroxylation is 1. The van der Waals surface area contributed by atoms with Crippen molar-refractivity contribution in [2.45, 2.75) is 19.3 Å². The number of rotatable bonds is 8. The van der Waals surface area contributed by atoms with Crippen molar-refractivity contribution >= 4 is 17.3 Å². The molecule has 0 unspecified atom stereocenters. The predicted octanol–water partition coefficient (Wildman–Crippen LogP) is 4.80. The third-order valence-corrected chi connectivity index (χ3v) is 5.70. The summed E-state index contributed by atoms with van der Waals surface area (Å²) in [6.07, 6.45) is 3.44. The number of hydrogen-bond acceptors (Lipinski definition) is 6. The first-order valence-electron chi connectivity index (χ1n) is 11.4. The van der Waals surface area contributed by atoms with Crippen molar-refractivity contribution < 1.29 is 9.47 Å². The van der Waals surface area contributed by atoms with Gasteiger partial charge in [0.15, 0.2) is 17.1 Å². The molecule has 7 nitrogen and oxygen atoms in total. The van der Waals surface area contributed by atoms with Gasteiger partial charge in [-0.2, -0.15) is 4.98 Å². The smallest absolute Gasteiger partial charge is 0.247 e. The van der Waals surface area contributed by atoms with Gasteiger partial charge in [0.05, 0.1) is 5.69 Å². The fourth-order valence-corrected chi connectivity index (χ4v) is 4.07. The minimum absolute atomic E-state index is 0.562. The predicted molar refractivity (Wildman–Crippen MR) is 131 cm³/mol. The molecule has 7 heteroatoms. The van der Waals surface area contributed by atoms with Gasteiger partial charge in [0, 0.05) is 11.3 Å². The Morgan fingerprint density at radius 2 is 1.79 bits per heavy atom. The molecule has 0 saturated carbocycles. The number of hydrogen-bond donors (Lipinski definition) is 1. The Bertz CT molecular complexity index is 1250. The highest BCUT2D eigenvalue weighted by molar-refractivity contribution is 5.68. The minimum atomic E-state index is 0.562. The maximum absolute atomic E-state index is 5.75. The van der Waals surface area contributed by atoms with Crippen LogP contribution in [0.25, 0.3) is 16.9 Å². The van der Waals surface area contributed by atoms with Crippen LogP contribution in [0.15, 0.2) is 60.7 Å². The van der Waals surface area contributed by atoms with Crippen molar-refractivity contribution in [3.8, 4) is 22.8 Å². The summed E-state index contributed by atoms with van der Waals surface area (Å²) in [5.41, 5.74) is 5.04. The number of nitrogens with one attached hydrogen (secondary N) is 1. The molecule has 0 atom stereocenters. The van der Waals surface area contributed by atoms with Crippen molar-refractivity contribution in [2.24, 2.45) is 0 Å². The molecule has 33 heavy (non-hydrogen) atoms. The van der Waals surface area contributed by atoms with Crippen LogP contribution in [0.2, 0.25) is 0 Å². The zero-order chi connectivity index (χ0) is 22.6. The Hall–Kier alpha value is -3.58. The topological polar surface area (TPSA) is 63.9 Å². The van der Waals surface area contributed by atoms with Gasteiger partial charge in [0.25, 0.3) is 0 Å². The van der Waals surface area contributed by atoms with E-state index in [2.05, 4.69) is 53.6 Å². The molecule has 2 aromatic heterocycles. The third kappa shape index (κ3) is 4.93. The van der Waals surface area contributed by atoms with Crippen molar-refractivity contribution in [2.75, 3.05) is 39.2 Å². The summed E-state index contributed by atoms with van der Waals surface area (Å²) in [7, 11) is 4.23. The van der Waals surface area contributed by atoms with Gasteiger partial charge in [-0.15, -0.1) is 5.10 Å². The molecule has 0 spiro atoms. The monoisotopic (exact) mass is 443 g/mol. The molecule has 4 aromatic rings. The Kier molecular flexibility index (Phi) is 6.13. The number of nitrogens with zero attached hydrogens (tertiary/aromatic N) is 4. The summed E-state index contributed by atoms with van der Waals surface area (Å²) in [4.78, 5) is 6.91. The Morgan fingerprint density at radius 3 is 2.67 bits per heavy atom. The van der Waals surface area contributed by atoms with Crippen LogP contribution in [0.4, 0.5) is 11.6 Å². The van der Waals surface area contributed by atoms with Gasteiger partial charge >= 0.3 is 0 Å². The van der Waals surface area contributed by atoms with Crippen molar-refractivity contribution in [1.82, 2.24) is 19.5 Å². The van der Waals surface area contributed by atoms with Crippen molar-refractivity contribution in [1.29, 1.82) is 0 Å². The minimum Gasteiger partial charge on any atom is -0.486 e. The Labute approximate surface area is 194 Å². The van der Waals surface area contributed by atoms with Crippen LogP contribution in [0.1, 0.15) is 18.4 Å². The standard InChI is InChI=1S/C26H29N5O2/c1-30(2)14-4-3-7-19-8-5-9-21(17-19)27-26-28-25-11-6-10-22(31(25)29-26)20-12-13-23-24(18-20)33-16-15-32-23/h5-6,8-13,17-18H,3-4,7,14-16H2,1-2H3,(H,27,29). The van der Waals surface area contributed by atoms with E-state index in [1.165, 1.54) is 18.4 Å². The van der Waals surface area contributed by atoms with Crippen molar-refractivity contribution in [3.05, 3.63) is 66.2 Å². The van der Waals surface area contributed by atoms with Gasteiger partial charge in [0.2, 0.25) is 5.95 Å². The molecular formula is C26H29N5O2. The molecule has 0 fully saturated rings. The number of benzene rings is 2. The first-order valence-corrected chi connectivity index (χ1v) is 11.4. The molecule has 0 amide bonds. The van der Waals surface area contributed by atoms with Crippen LogP contribution in [0, 0.1) is 0 Å². The lowest BCUT2D eigenvalue weighted by Crippen LogP contribution is -2.15. The summed E-state index contributed by atoms with van der Waals surface area (Å²) in [6, 6.07) is 20.5. The molecule has 1 aliphatic rings. The summed E-state index contributed by atoms with van der Waals surface area (Å²) in [5, 5.41) is 8.11. The van der Waals surface area contributed by atoms with Gasteiger partial charge < -0.3 is 19.7 Å². The first-order chi connectivity index (χ1) is 16.2. The molecule has 0 bridgehead atoms. The van der Waals surface area contributed by atoms with Crippen molar-refractivity contribution in [3.63, 3.8) is 0 Å². The van der Waals surface area contributed by atoms with E-state index in [1.54, 1.807) is 0 Å². The fraction of sp³-hybridized carbons (Fsp3) is 0.308. The lowest BCUT2D eigenvalue weighted by atomic mass is 10.1. The average molecular weight is 444 g/mol. The molecule has 0 radical (unpaired) electrons. The van der Waals surface area contributed by atoms with Gasteiger partial charge in [-0.3, -0.25) is 0 Å². The number of fused-ring (bicyclic) bond motifs is 2. The lowest BCUT2D eigenvalue weighted by molar-refractivity contribution is 0.171. The van der Waals surface area contributed by atoms with Crippen LogP contribution in [0.5, 0.6) is 11.5 Å². The number of aromatic nitrogens is 3. The molecule has 170 valence electrons. The maximum atomic E-state index is 5.75. The molecular weight excluding hydrogens is 414 g/mol. The van der Waals surface area contributed by atoms with Crippen LogP contribution in [-0.2, 0) is 6.42 Å². The average Bonchev–Trinajstić information content (AvgIpc) is 3.24. The Morgan fingerprint density at radius 1 is 0.939 bits per heavy atom. The number of ether oxygens (including phenoxy) is 2. The van der Waals surface area contributed by atoms with E-state index in [0.29, 0.717) is 19.2 Å². The zero-order valence-corrected chi connectivity index (χ0v) is 19.1. The second kappa shape index (κ2) is 9.50. The summed E-state index contributed by atoms with van der Waals surface area (Å²) in [5.74, 6) is 2.11. The SMILES string of the molecule is CN(C)CCCCc1cccc(Nc2nc3cccc(-c4ccc5c(c4)OCCO5)n3n2)c1. The van der Waals surface area contributed by atoms with Crippen LogP contribution >= 0.6 is 0 Å². The summed E-state index contributed by atoms with van der Waals surface area (Å²) in [6.45, 7) is 2.26. The van der Waals surface area contributed by atoms with E-state index in [4.69, 9.17) is 14.6 Å². The van der Waals surface area contributed by atoms with E-state index in [1.807, 2.05) is 40.9 Å². The molecule has 5 rings (SSSR count). The van der Waals surface area contributed by atoms with Crippen LogP contribution in [0.3, 0.4) is 0 Å². The normalized spacial score (nSPS) is 12.9. The maximum Gasteiger partial charge on any atom is 0.247 e. The number of anilines is 2. The van der Waals surface area contributed by atoms with Crippen LogP contribution < -0.4 is 14.8 Å². The second-order valence-corrected chi connectivity index (χ2v) is 8.56. The second-order valence-electron chi connectivity index (χ2n) is 8.56.